The molecule has 0 aromatic heterocycles. The smallest absolute Gasteiger partial charge is 0.0942 e. The first-order chi connectivity index (χ1) is 10.9. The van der Waals surface area contributed by atoms with Crippen molar-refractivity contribution in [3.63, 3.8) is 0 Å². The summed E-state index contributed by atoms with van der Waals surface area (Å²) in [5, 5.41) is -0.847. The van der Waals surface area contributed by atoms with Crippen molar-refractivity contribution in [3.05, 3.63) is 11.5 Å². The van der Waals surface area contributed by atoms with Crippen molar-refractivity contribution in [3.8, 4) is 0 Å². The molecular weight excluding hydrogens is 411 g/mol. The third-order valence-corrected chi connectivity index (χ3v) is 5.31. The molecule has 0 aromatic rings. The third-order valence-electron chi connectivity index (χ3n) is 3.88. The average Bonchev–Trinajstić information content (AvgIpc) is 2.44. The largest absolute Gasteiger partial charge is 0.304 e. The van der Waals surface area contributed by atoms with Gasteiger partial charge in [-0.2, -0.15) is 0 Å². The van der Waals surface area contributed by atoms with Crippen LogP contribution in [0, 0.1) is 0 Å². The van der Waals surface area contributed by atoms with Crippen LogP contribution in [0.1, 0.15) is 90.4 Å². The van der Waals surface area contributed by atoms with Gasteiger partial charge in [-0.05, 0) is 6.42 Å². The van der Waals surface area contributed by atoms with Crippen LogP contribution in [0.2, 0.25) is 0 Å². The summed E-state index contributed by atoms with van der Waals surface area (Å²) in [6.45, 7) is 2.21. The number of hydrogen-bond donors (Lipinski definition) is 0. The Hall–Kier alpha value is 0.220. The molecular formula is C17H32BrF5S. The molecule has 148 valence electrons. The molecule has 1 atom stereocenters. The highest BCUT2D eigenvalue weighted by atomic mass is 79.9. The molecule has 0 heterocycles. The maximum atomic E-state index is 12.1. The summed E-state index contributed by atoms with van der Waals surface area (Å²) in [5.41, 5.74) is 0. The topological polar surface area (TPSA) is 0 Å². The normalized spacial score (nSPS) is 17.0. The van der Waals surface area contributed by atoms with Crippen molar-refractivity contribution in [1.29, 1.82) is 0 Å². The number of unbranched alkanes of at least 4 members (excludes halogenated alkanes) is 11. The Morgan fingerprint density at radius 1 is 0.708 bits per heavy atom. The molecule has 0 bridgehead atoms. The standard InChI is InChI=1S/C17H32BrF5S/c1-2-3-4-5-6-7-8-9-10-11-12-13-14-17(18)15-16-24(19,20,21,22)23/h15-17H,2-14H2,1H3/b16-15+. The second-order valence-corrected chi connectivity index (χ2v) is 10.1. The predicted octanol–water partition coefficient (Wildman–Crippen LogP) is 9.65. The molecule has 1 unspecified atom stereocenters. The van der Waals surface area contributed by atoms with E-state index in [1.165, 1.54) is 51.4 Å². The number of allylic oxidation sites excluding steroid dienone is 1. The van der Waals surface area contributed by atoms with Gasteiger partial charge in [-0.1, -0.05) is 125 Å². The highest BCUT2D eigenvalue weighted by Gasteiger charge is 2.60. The summed E-state index contributed by atoms with van der Waals surface area (Å²) in [6.07, 6.45) is 15.2. The van der Waals surface area contributed by atoms with Crippen LogP contribution in [0.15, 0.2) is 11.5 Å². The Balaban J connectivity index is 3.50. The van der Waals surface area contributed by atoms with Gasteiger partial charge in [-0.3, -0.25) is 0 Å². The lowest BCUT2D eigenvalue weighted by Crippen LogP contribution is -2.02. The fraction of sp³-hybridized carbons (Fsp3) is 0.882. The van der Waals surface area contributed by atoms with Gasteiger partial charge in [-0.25, -0.2) is 0 Å². The first-order valence-corrected chi connectivity index (χ1v) is 11.9. The van der Waals surface area contributed by atoms with Gasteiger partial charge < -0.3 is 0 Å². The zero-order chi connectivity index (χ0) is 18.6. The zero-order valence-corrected chi connectivity index (χ0v) is 17.0. The van der Waals surface area contributed by atoms with Crippen LogP contribution in [0.3, 0.4) is 0 Å². The van der Waals surface area contributed by atoms with Crippen LogP contribution in [0.4, 0.5) is 19.4 Å². The van der Waals surface area contributed by atoms with E-state index in [9.17, 15) is 19.4 Å². The summed E-state index contributed by atoms with van der Waals surface area (Å²) < 4.78 is 60.7. The maximum absolute atomic E-state index is 12.1. The van der Waals surface area contributed by atoms with Gasteiger partial charge in [0.1, 0.15) is 0 Å². The summed E-state index contributed by atoms with van der Waals surface area (Å²) in [5.74, 6) is 0. The molecule has 24 heavy (non-hydrogen) atoms. The molecule has 7 heteroatoms. The summed E-state index contributed by atoms with van der Waals surface area (Å²) in [4.78, 5) is -0.649. The maximum Gasteiger partial charge on any atom is 0.304 e. The van der Waals surface area contributed by atoms with Gasteiger partial charge in [0, 0.05) is 4.83 Å². The SMILES string of the molecule is CCCCCCCCCCCCCCC(Br)/C=C/S(F)(F)(F)(F)F. The number of hydrogen-bond acceptors (Lipinski definition) is 0. The number of rotatable bonds is 15. The molecule has 0 spiro atoms. The van der Waals surface area contributed by atoms with Crippen LogP contribution in [0.25, 0.3) is 0 Å². The second-order valence-electron chi connectivity index (χ2n) is 6.55. The molecule has 0 fully saturated rings. The van der Waals surface area contributed by atoms with Gasteiger partial charge in [0.25, 0.3) is 0 Å². The fourth-order valence-electron chi connectivity index (χ4n) is 2.51. The van der Waals surface area contributed by atoms with Crippen molar-refractivity contribution < 1.29 is 19.4 Å². The molecule has 0 aromatic carbocycles. The predicted molar refractivity (Wildman–Crippen MR) is 101 cm³/mol. The zero-order valence-electron chi connectivity index (χ0n) is 14.6. The van der Waals surface area contributed by atoms with Gasteiger partial charge in [0.05, 0.1) is 5.41 Å². The van der Waals surface area contributed by atoms with Crippen molar-refractivity contribution in [2.24, 2.45) is 0 Å². The van der Waals surface area contributed by atoms with E-state index in [2.05, 4.69) is 22.9 Å². The van der Waals surface area contributed by atoms with Gasteiger partial charge in [0.2, 0.25) is 0 Å². The van der Waals surface area contributed by atoms with E-state index in [0.717, 1.165) is 25.7 Å². The monoisotopic (exact) mass is 442 g/mol. The van der Waals surface area contributed by atoms with E-state index >= 15 is 0 Å². The lowest BCUT2D eigenvalue weighted by molar-refractivity contribution is 0.384. The van der Waals surface area contributed by atoms with E-state index in [-0.39, 0.29) is 0 Å². The number of alkyl halides is 1. The van der Waals surface area contributed by atoms with E-state index in [0.29, 0.717) is 12.5 Å². The summed E-state index contributed by atoms with van der Waals surface area (Å²) in [7, 11) is -9.41. The third kappa shape index (κ3) is 20.3. The van der Waals surface area contributed by atoms with Crippen molar-refractivity contribution in [1.82, 2.24) is 0 Å². The van der Waals surface area contributed by atoms with Gasteiger partial charge in [-0.15, -0.1) is 0 Å². The molecule has 0 N–H and O–H groups in total. The molecule has 0 radical (unpaired) electrons. The first kappa shape index (κ1) is 24.2. The lowest BCUT2D eigenvalue weighted by Gasteiger charge is -2.36. The van der Waals surface area contributed by atoms with Crippen molar-refractivity contribution in [2.45, 2.75) is 95.2 Å². The average molecular weight is 443 g/mol. The Labute approximate surface area is 152 Å². The van der Waals surface area contributed by atoms with E-state index in [4.69, 9.17) is 0 Å². The van der Waals surface area contributed by atoms with Crippen molar-refractivity contribution in [2.75, 3.05) is 0 Å². The van der Waals surface area contributed by atoms with Crippen LogP contribution in [-0.4, -0.2) is 4.83 Å². The quantitative estimate of drug-likeness (QED) is 0.134. The van der Waals surface area contributed by atoms with Crippen LogP contribution in [-0.2, 0) is 0 Å². The van der Waals surface area contributed by atoms with Gasteiger partial charge >= 0.3 is 10.2 Å². The Kier molecular flexibility index (Phi) is 10.5. The molecule has 0 amide bonds. The second kappa shape index (κ2) is 10.4. The molecule has 0 aliphatic rings. The minimum absolute atomic E-state index is 0.446. The fourth-order valence-corrected chi connectivity index (χ4v) is 3.68. The van der Waals surface area contributed by atoms with Crippen LogP contribution < -0.4 is 0 Å². The molecule has 0 saturated heterocycles. The summed E-state index contributed by atoms with van der Waals surface area (Å²) in [6, 6.07) is 0. The highest BCUT2D eigenvalue weighted by Crippen LogP contribution is 2.99. The van der Waals surface area contributed by atoms with Crippen LogP contribution in [0.5, 0.6) is 0 Å². The minimum atomic E-state index is -9.41. The van der Waals surface area contributed by atoms with Crippen molar-refractivity contribution >= 4 is 26.2 Å². The molecule has 0 nitrogen and oxygen atoms in total. The van der Waals surface area contributed by atoms with E-state index < -0.39 is 20.5 Å². The Morgan fingerprint density at radius 2 is 1.08 bits per heavy atom. The summed E-state index contributed by atoms with van der Waals surface area (Å²) >= 11 is 3.01. The van der Waals surface area contributed by atoms with E-state index in [1.54, 1.807) is 0 Å². The highest BCUT2D eigenvalue weighted by molar-refractivity contribution is 9.09. The Bertz CT molecular complexity index is 352. The molecule has 0 aliphatic heterocycles. The Morgan fingerprint density at radius 3 is 1.46 bits per heavy atom. The van der Waals surface area contributed by atoms with Gasteiger partial charge in [0.15, 0.2) is 0 Å². The number of halogens is 6. The van der Waals surface area contributed by atoms with E-state index in [1.807, 2.05) is 0 Å². The lowest BCUT2D eigenvalue weighted by atomic mass is 10.0. The minimum Gasteiger partial charge on any atom is -0.0942 e. The van der Waals surface area contributed by atoms with Crippen LogP contribution >= 0.6 is 26.2 Å². The molecule has 0 aliphatic carbocycles. The molecule has 0 saturated carbocycles. The molecule has 0 rings (SSSR count). The first-order valence-electron chi connectivity index (χ1n) is 9.01.